The zero-order valence-electron chi connectivity index (χ0n) is 14.1. The van der Waals surface area contributed by atoms with Gasteiger partial charge < -0.3 is 4.42 Å². The summed E-state index contributed by atoms with van der Waals surface area (Å²) >= 11 is 8.53. The number of fused-ring (bicyclic) bond motifs is 1. The highest BCUT2D eigenvalue weighted by atomic mass is 35.5. The molecule has 9 heteroatoms. The molecule has 1 aromatic heterocycles. The fourth-order valence-electron chi connectivity index (χ4n) is 2.57. The number of amidine groups is 3. The number of hydrogen-bond donors (Lipinski definition) is 1. The molecular weight excluding hydrogens is 404 g/mol. The summed E-state index contributed by atoms with van der Waals surface area (Å²) in [5.41, 5.74) is 1.04. The van der Waals surface area contributed by atoms with E-state index >= 15 is 0 Å². The van der Waals surface area contributed by atoms with Crippen LogP contribution >= 0.6 is 35.3 Å². The van der Waals surface area contributed by atoms with E-state index in [1.54, 1.807) is 29.2 Å². The molecule has 3 heterocycles. The number of benzene rings is 1. The minimum atomic E-state index is -0.471. The van der Waals surface area contributed by atoms with E-state index in [0.29, 0.717) is 26.9 Å². The first kappa shape index (κ1) is 18.1. The molecule has 136 valence electrons. The predicted molar refractivity (Wildman–Crippen MR) is 112 cm³/mol. The van der Waals surface area contributed by atoms with Crippen LogP contribution in [0.15, 0.2) is 55.8 Å². The molecule has 0 saturated carbocycles. The maximum Gasteiger partial charge on any atom is 0.283 e. The van der Waals surface area contributed by atoms with E-state index in [1.165, 1.54) is 11.8 Å². The van der Waals surface area contributed by atoms with Crippen molar-refractivity contribution in [2.75, 3.05) is 5.75 Å². The molecule has 2 aliphatic heterocycles. The van der Waals surface area contributed by atoms with Gasteiger partial charge in [0.2, 0.25) is 5.17 Å². The average Bonchev–Trinajstić information content (AvgIpc) is 3.27. The molecule has 2 aliphatic rings. The van der Waals surface area contributed by atoms with Crippen LogP contribution in [-0.2, 0) is 4.79 Å². The Morgan fingerprint density at radius 3 is 2.81 bits per heavy atom. The van der Waals surface area contributed by atoms with Crippen LogP contribution in [0.3, 0.4) is 0 Å². The summed E-state index contributed by atoms with van der Waals surface area (Å²) in [6.07, 6.45) is 1.54. The molecule has 0 saturated heterocycles. The number of thioether (sulfide) groups is 1. The van der Waals surface area contributed by atoms with Crippen LogP contribution in [0.4, 0.5) is 0 Å². The van der Waals surface area contributed by atoms with Gasteiger partial charge in [0.25, 0.3) is 5.91 Å². The highest BCUT2D eigenvalue weighted by Gasteiger charge is 2.37. The smallest absolute Gasteiger partial charge is 0.283 e. The van der Waals surface area contributed by atoms with Gasteiger partial charge in [-0.3, -0.25) is 10.2 Å². The highest BCUT2D eigenvalue weighted by molar-refractivity contribution is 8.19. The fourth-order valence-corrected chi connectivity index (χ4v) is 4.26. The van der Waals surface area contributed by atoms with Crippen molar-refractivity contribution in [1.82, 2.24) is 4.90 Å². The molecule has 2 aromatic rings. The molecule has 27 heavy (non-hydrogen) atoms. The van der Waals surface area contributed by atoms with Crippen molar-refractivity contribution in [3.8, 4) is 11.3 Å². The van der Waals surface area contributed by atoms with E-state index in [9.17, 15) is 4.79 Å². The lowest BCUT2D eigenvalue weighted by Crippen LogP contribution is -2.41. The number of carbonyl (C=O) groups is 1. The van der Waals surface area contributed by atoms with Crippen molar-refractivity contribution in [1.29, 1.82) is 5.41 Å². The molecule has 0 spiro atoms. The molecule has 4 rings (SSSR count). The first-order valence-corrected chi connectivity index (χ1v) is 10.2. The summed E-state index contributed by atoms with van der Waals surface area (Å²) in [6.45, 7) is 2.00. The molecular formula is C18H13ClN4O2S2. The zero-order chi connectivity index (χ0) is 19.0. The Kier molecular flexibility index (Phi) is 4.94. The second-order valence-corrected chi connectivity index (χ2v) is 7.95. The first-order chi connectivity index (χ1) is 13.1. The summed E-state index contributed by atoms with van der Waals surface area (Å²) in [4.78, 5) is 18.0. The highest BCUT2D eigenvalue weighted by Crippen LogP contribution is 2.32. The van der Waals surface area contributed by atoms with Gasteiger partial charge in [-0.1, -0.05) is 30.3 Å². The molecule has 0 unspecified atom stereocenters. The number of amides is 1. The molecule has 6 nitrogen and oxygen atoms in total. The van der Waals surface area contributed by atoms with Crippen LogP contribution in [0.2, 0.25) is 5.02 Å². The van der Waals surface area contributed by atoms with Crippen molar-refractivity contribution < 1.29 is 9.21 Å². The lowest BCUT2D eigenvalue weighted by molar-refractivity contribution is -0.114. The number of carbonyl (C=O) groups excluding carboxylic acids is 1. The van der Waals surface area contributed by atoms with Crippen LogP contribution in [0.5, 0.6) is 0 Å². The topological polar surface area (TPSA) is 82.0 Å². The third-order valence-corrected chi connectivity index (χ3v) is 5.70. The maximum atomic E-state index is 12.4. The molecule has 1 aromatic carbocycles. The normalized spacial score (nSPS) is 18.0. The Bertz CT molecular complexity index is 1020. The van der Waals surface area contributed by atoms with Crippen LogP contribution in [0.1, 0.15) is 12.7 Å². The summed E-state index contributed by atoms with van der Waals surface area (Å²) in [5.74, 6) is 1.52. The third kappa shape index (κ3) is 3.47. The standard InChI is InChI=1S/C18H13ClN4O2S2/c1-2-26-18-22-27-17-21-16(24)13(15(20)23(17)18)9-12-7-8-14(25-12)10-3-5-11(19)6-4-10/h3-9,20H,2H2,1H3/b13-9-,20-15?. The molecule has 0 bridgehead atoms. The van der Waals surface area contributed by atoms with Crippen LogP contribution < -0.4 is 0 Å². The number of aliphatic imine (C=N–C) groups is 1. The Balaban J connectivity index is 1.64. The monoisotopic (exact) mass is 416 g/mol. The Labute approximate surface area is 169 Å². The molecule has 0 radical (unpaired) electrons. The van der Waals surface area contributed by atoms with Crippen molar-refractivity contribution >= 4 is 63.5 Å². The molecule has 1 amide bonds. The lowest BCUT2D eigenvalue weighted by atomic mass is 10.1. The molecule has 0 atom stereocenters. The van der Waals surface area contributed by atoms with Gasteiger partial charge in [-0.05, 0) is 48.2 Å². The van der Waals surface area contributed by atoms with Crippen LogP contribution in [0, 0.1) is 5.41 Å². The van der Waals surface area contributed by atoms with Gasteiger partial charge >= 0.3 is 0 Å². The number of furan rings is 1. The Morgan fingerprint density at radius 1 is 1.30 bits per heavy atom. The number of rotatable bonds is 3. The van der Waals surface area contributed by atoms with Crippen molar-refractivity contribution in [2.45, 2.75) is 6.92 Å². The number of hydrogen-bond acceptors (Lipinski definition) is 6. The average molecular weight is 417 g/mol. The van der Waals surface area contributed by atoms with Gasteiger partial charge in [0, 0.05) is 10.6 Å². The quantitative estimate of drug-likeness (QED) is 0.566. The van der Waals surface area contributed by atoms with E-state index in [0.717, 1.165) is 23.3 Å². The van der Waals surface area contributed by atoms with Gasteiger partial charge in [0.1, 0.15) is 17.4 Å². The molecule has 0 fully saturated rings. The Morgan fingerprint density at radius 2 is 2.07 bits per heavy atom. The third-order valence-electron chi connectivity index (χ3n) is 3.81. The second-order valence-electron chi connectivity index (χ2n) is 5.55. The minimum Gasteiger partial charge on any atom is -0.457 e. The van der Waals surface area contributed by atoms with Gasteiger partial charge in [-0.25, -0.2) is 4.90 Å². The Hall–Kier alpha value is -2.29. The maximum absolute atomic E-state index is 12.4. The van der Waals surface area contributed by atoms with Crippen molar-refractivity contribution in [3.05, 3.63) is 52.8 Å². The lowest BCUT2D eigenvalue weighted by Gasteiger charge is -2.23. The van der Waals surface area contributed by atoms with E-state index in [4.69, 9.17) is 21.4 Å². The van der Waals surface area contributed by atoms with E-state index in [-0.39, 0.29) is 11.4 Å². The zero-order valence-corrected chi connectivity index (χ0v) is 16.5. The van der Waals surface area contributed by atoms with Gasteiger partial charge in [-0.15, -0.1) is 0 Å². The summed E-state index contributed by atoms with van der Waals surface area (Å²) < 4.78 is 10.1. The molecule has 1 N–H and O–H groups in total. The molecule has 0 aliphatic carbocycles. The number of nitrogens with zero attached hydrogens (tertiary/aromatic N) is 3. The van der Waals surface area contributed by atoms with Gasteiger partial charge in [0.15, 0.2) is 5.17 Å². The first-order valence-electron chi connectivity index (χ1n) is 8.04. The number of halogens is 1. The SMILES string of the molecule is CCSC1=NSC2=NC(=O)/C(=C\c3ccc(-c4ccc(Cl)cc4)o3)C(=N)N12. The minimum absolute atomic E-state index is 0.0548. The summed E-state index contributed by atoms with van der Waals surface area (Å²) in [6, 6.07) is 10.8. The van der Waals surface area contributed by atoms with E-state index in [2.05, 4.69) is 9.39 Å². The summed E-state index contributed by atoms with van der Waals surface area (Å²) in [7, 11) is 0. The van der Waals surface area contributed by atoms with Crippen LogP contribution in [-0.4, -0.2) is 32.7 Å². The van der Waals surface area contributed by atoms with Gasteiger partial charge in [-0.2, -0.15) is 9.39 Å². The van der Waals surface area contributed by atoms with Crippen molar-refractivity contribution in [2.24, 2.45) is 9.39 Å². The summed E-state index contributed by atoms with van der Waals surface area (Å²) in [5, 5.41) is 10.2. The van der Waals surface area contributed by atoms with E-state index in [1.807, 2.05) is 25.1 Å². The van der Waals surface area contributed by atoms with Gasteiger partial charge in [0.05, 0.1) is 17.5 Å². The number of nitrogens with one attached hydrogen (secondary N) is 1. The van der Waals surface area contributed by atoms with Crippen LogP contribution in [0.25, 0.3) is 17.4 Å². The predicted octanol–water partition coefficient (Wildman–Crippen LogP) is 4.93. The second kappa shape index (κ2) is 7.38. The van der Waals surface area contributed by atoms with Crippen molar-refractivity contribution in [3.63, 3.8) is 0 Å². The van der Waals surface area contributed by atoms with E-state index < -0.39 is 5.91 Å². The largest absolute Gasteiger partial charge is 0.457 e. The fraction of sp³-hybridized carbons (Fsp3) is 0.111.